The molecule has 3 rings (SSSR count). The van der Waals surface area contributed by atoms with E-state index in [0.717, 1.165) is 22.3 Å². The highest BCUT2D eigenvalue weighted by Crippen LogP contribution is 2.22. The summed E-state index contributed by atoms with van der Waals surface area (Å²) in [6.07, 6.45) is 0. The van der Waals surface area contributed by atoms with Gasteiger partial charge >= 0.3 is 0 Å². The number of carbonyl (C=O) groups is 1. The first-order valence-corrected chi connectivity index (χ1v) is 11.2. The minimum atomic E-state index is -0.191. The number of anilines is 1. The van der Waals surface area contributed by atoms with Crippen LogP contribution in [0.3, 0.4) is 0 Å². The molecule has 31 heavy (non-hydrogen) atoms. The van der Waals surface area contributed by atoms with Crippen LogP contribution in [0.15, 0.2) is 77.3 Å². The maximum Gasteiger partial charge on any atom is 0.262 e. The van der Waals surface area contributed by atoms with Gasteiger partial charge in [-0.3, -0.25) is 4.79 Å². The summed E-state index contributed by atoms with van der Waals surface area (Å²) in [7, 11) is 0. The molecule has 1 amide bonds. The van der Waals surface area contributed by atoms with Crippen molar-refractivity contribution in [1.29, 1.82) is 0 Å². The van der Waals surface area contributed by atoms with E-state index in [1.54, 1.807) is 0 Å². The molecule has 0 saturated heterocycles. The Hall–Kier alpha value is -2.63. The fourth-order valence-electron chi connectivity index (χ4n) is 3.13. The van der Waals surface area contributed by atoms with E-state index in [0.29, 0.717) is 12.3 Å². The predicted molar refractivity (Wildman–Crippen MR) is 130 cm³/mol. The molecular weight excluding hydrogens is 452 g/mol. The fraction of sp³-hybridized carbons (Fsp3) is 0.269. The Morgan fingerprint density at radius 1 is 0.903 bits per heavy atom. The molecule has 0 aliphatic heterocycles. The maximum absolute atomic E-state index is 12.2. The molecule has 3 aromatic carbocycles. The molecule has 5 heteroatoms. The number of amides is 1. The SMILES string of the molecule is CC(C)(C)c1ccc(CNCc2ccccc2OCC(=O)Nc2ccc(Br)cc2)cc1. The highest BCUT2D eigenvalue weighted by molar-refractivity contribution is 9.10. The van der Waals surface area contributed by atoms with Gasteiger partial charge in [-0.05, 0) is 46.9 Å². The Morgan fingerprint density at radius 3 is 2.26 bits per heavy atom. The van der Waals surface area contributed by atoms with E-state index >= 15 is 0 Å². The van der Waals surface area contributed by atoms with Gasteiger partial charge in [0.15, 0.2) is 6.61 Å². The summed E-state index contributed by atoms with van der Waals surface area (Å²) in [6, 6.07) is 24.0. The Bertz CT molecular complexity index is 993. The van der Waals surface area contributed by atoms with Crippen molar-refractivity contribution in [1.82, 2.24) is 5.32 Å². The number of benzene rings is 3. The zero-order valence-electron chi connectivity index (χ0n) is 18.2. The van der Waals surface area contributed by atoms with Gasteiger partial charge in [0.2, 0.25) is 0 Å². The Kier molecular flexibility index (Phi) is 7.88. The van der Waals surface area contributed by atoms with Crippen LogP contribution in [-0.4, -0.2) is 12.5 Å². The lowest BCUT2D eigenvalue weighted by Crippen LogP contribution is -2.21. The van der Waals surface area contributed by atoms with Crippen molar-refractivity contribution in [2.24, 2.45) is 0 Å². The minimum Gasteiger partial charge on any atom is -0.483 e. The molecule has 0 unspecified atom stereocenters. The van der Waals surface area contributed by atoms with Gasteiger partial charge in [0, 0.05) is 28.8 Å². The Balaban J connectivity index is 1.50. The molecule has 0 bridgehead atoms. The van der Waals surface area contributed by atoms with Gasteiger partial charge in [-0.2, -0.15) is 0 Å². The lowest BCUT2D eigenvalue weighted by Gasteiger charge is -2.19. The van der Waals surface area contributed by atoms with Gasteiger partial charge in [-0.1, -0.05) is 79.2 Å². The fourth-order valence-corrected chi connectivity index (χ4v) is 3.39. The van der Waals surface area contributed by atoms with Gasteiger partial charge in [0.1, 0.15) is 5.75 Å². The normalized spacial score (nSPS) is 11.2. The monoisotopic (exact) mass is 480 g/mol. The molecule has 0 aliphatic rings. The molecule has 0 radical (unpaired) electrons. The van der Waals surface area contributed by atoms with Crippen LogP contribution < -0.4 is 15.4 Å². The average molecular weight is 481 g/mol. The van der Waals surface area contributed by atoms with E-state index in [4.69, 9.17) is 4.74 Å². The van der Waals surface area contributed by atoms with Crippen LogP contribution in [-0.2, 0) is 23.3 Å². The van der Waals surface area contributed by atoms with Crippen LogP contribution in [0.25, 0.3) is 0 Å². The van der Waals surface area contributed by atoms with Crippen molar-refractivity contribution in [3.8, 4) is 5.75 Å². The van der Waals surface area contributed by atoms with Crippen molar-refractivity contribution in [2.75, 3.05) is 11.9 Å². The van der Waals surface area contributed by atoms with Crippen molar-refractivity contribution in [2.45, 2.75) is 39.3 Å². The molecule has 0 spiro atoms. The first kappa shape index (κ1) is 23.0. The van der Waals surface area contributed by atoms with E-state index in [9.17, 15) is 4.79 Å². The first-order chi connectivity index (χ1) is 14.8. The van der Waals surface area contributed by atoms with E-state index in [1.807, 2.05) is 48.5 Å². The topological polar surface area (TPSA) is 50.4 Å². The van der Waals surface area contributed by atoms with E-state index < -0.39 is 0 Å². The summed E-state index contributed by atoms with van der Waals surface area (Å²) in [6.45, 7) is 8.04. The molecule has 0 heterocycles. The highest BCUT2D eigenvalue weighted by Gasteiger charge is 2.13. The van der Waals surface area contributed by atoms with Crippen LogP contribution in [0, 0.1) is 0 Å². The van der Waals surface area contributed by atoms with Crippen molar-refractivity contribution >= 4 is 27.5 Å². The van der Waals surface area contributed by atoms with Crippen LogP contribution in [0.4, 0.5) is 5.69 Å². The van der Waals surface area contributed by atoms with Crippen LogP contribution in [0.1, 0.15) is 37.5 Å². The third-order valence-electron chi connectivity index (χ3n) is 4.92. The quantitative estimate of drug-likeness (QED) is 0.412. The minimum absolute atomic E-state index is 0.0403. The van der Waals surface area contributed by atoms with Crippen LogP contribution in [0.2, 0.25) is 0 Å². The van der Waals surface area contributed by atoms with Crippen LogP contribution in [0.5, 0.6) is 5.75 Å². The number of nitrogens with one attached hydrogen (secondary N) is 2. The maximum atomic E-state index is 12.2. The zero-order valence-corrected chi connectivity index (χ0v) is 19.8. The Morgan fingerprint density at radius 2 is 1.58 bits per heavy atom. The summed E-state index contributed by atoms with van der Waals surface area (Å²) in [5.41, 5.74) is 4.48. The summed E-state index contributed by atoms with van der Waals surface area (Å²) < 4.78 is 6.76. The smallest absolute Gasteiger partial charge is 0.262 e. The lowest BCUT2D eigenvalue weighted by atomic mass is 9.87. The molecule has 0 fully saturated rings. The standard InChI is InChI=1S/C26H29BrN2O2/c1-26(2,3)21-10-8-19(9-11-21)16-28-17-20-6-4-5-7-24(20)31-18-25(30)29-23-14-12-22(27)13-15-23/h4-15,28H,16-18H2,1-3H3,(H,29,30). The van der Waals surface area contributed by atoms with E-state index in [1.165, 1.54) is 11.1 Å². The third kappa shape index (κ3) is 7.23. The van der Waals surface area contributed by atoms with Crippen molar-refractivity contribution in [3.63, 3.8) is 0 Å². The number of carbonyl (C=O) groups excluding carboxylic acids is 1. The molecule has 162 valence electrons. The third-order valence-corrected chi connectivity index (χ3v) is 5.45. The Labute approximate surface area is 193 Å². The van der Waals surface area contributed by atoms with Crippen LogP contribution >= 0.6 is 15.9 Å². The van der Waals surface area contributed by atoms with Gasteiger partial charge in [0.25, 0.3) is 5.91 Å². The molecule has 2 N–H and O–H groups in total. The molecule has 0 atom stereocenters. The van der Waals surface area contributed by atoms with Crippen molar-refractivity contribution < 1.29 is 9.53 Å². The first-order valence-electron chi connectivity index (χ1n) is 10.4. The van der Waals surface area contributed by atoms with Gasteiger partial charge < -0.3 is 15.4 Å². The van der Waals surface area contributed by atoms with Gasteiger partial charge in [-0.25, -0.2) is 0 Å². The molecule has 0 saturated carbocycles. The molecule has 0 aromatic heterocycles. The highest BCUT2D eigenvalue weighted by atomic mass is 79.9. The number of hydrogen-bond acceptors (Lipinski definition) is 3. The molecule has 0 aliphatic carbocycles. The molecule has 3 aromatic rings. The lowest BCUT2D eigenvalue weighted by molar-refractivity contribution is -0.118. The van der Waals surface area contributed by atoms with Crippen molar-refractivity contribution in [3.05, 3.63) is 94.0 Å². The van der Waals surface area contributed by atoms with Gasteiger partial charge in [-0.15, -0.1) is 0 Å². The summed E-state index contributed by atoms with van der Waals surface area (Å²) in [5.74, 6) is 0.521. The number of ether oxygens (including phenoxy) is 1. The number of rotatable bonds is 8. The summed E-state index contributed by atoms with van der Waals surface area (Å²) >= 11 is 3.38. The molecular formula is C26H29BrN2O2. The largest absolute Gasteiger partial charge is 0.483 e. The summed E-state index contributed by atoms with van der Waals surface area (Å²) in [5, 5.41) is 6.30. The number of halogens is 1. The second kappa shape index (κ2) is 10.6. The number of para-hydroxylation sites is 1. The predicted octanol–water partition coefficient (Wildman–Crippen LogP) is 6.05. The number of hydrogen-bond donors (Lipinski definition) is 2. The average Bonchev–Trinajstić information content (AvgIpc) is 2.74. The second-order valence-corrected chi connectivity index (χ2v) is 9.42. The van der Waals surface area contributed by atoms with Gasteiger partial charge in [0.05, 0.1) is 0 Å². The summed E-state index contributed by atoms with van der Waals surface area (Å²) in [4.78, 5) is 12.2. The van der Waals surface area contributed by atoms with E-state index in [-0.39, 0.29) is 17.9 Å². The molecule has 4 nitrogen and oxygen atoms in total. The second-order valence-electron chi connectivity index (χ2n) is 8.50. The zero-order chi connectivity index (χ0) is 22.3. The van der Waals surface area contributed by atoms with E-state index in [2.05, 4.69) is 71.6 Å².